The number of carbonyl (C=O) groups is 1. The lowest BCUT2D eigenvalue weighted by molar-refractivity contribution is -0.242. The van der Waals surface area contributed by atoms with Gasteiger partial charge in [0.2, 0.25) is 0 Å². The first kappa shape index (κ1) is 16.8. The Hall–Kier alpha value is -1.61. The molecule has 0 spiro atoms. The van der Waals surface area contributed by atoms with Gasteiger partial charge in [-0.15, -0.1) is 5.06 Å². The summed E-state index contributed by atoms with van der Waals surface area (Å²) >= 11 is 0. The van der Waals surface area contributed by atoms with Crippen LogP contribution in [0.3, 0.4) is 0 Å². The molecule has 6 nitrogen and oxygen atoms in total. The van der Waals surface area contributed by atoms with Crippen molar-refractivity contribution in [2.75, 3.05) is 19.6 Å². The summed E-state index contributed by atoms with van der Waals surface area (Å²) in [6, 6.07) is 0.205. The fourth-order valence-electron chi connectivity index (χ4n) is 2.49. The number of oxazole rings is 1. The number of alkyl halides is 3. The van der Waals surface area contributed by atoms with Gasteiger partial charge in [-0.3, -0.25) is 4.90 Å². The molecule has 22 heavy (non-hydrogen) atoms. The third-order valence-corrected chi connectivity index (χ3v) is 3.63. The minimum Gasteiger partial charge on any atom is -0.447 e. The van der Waals surface area contributed by atoms with Gasteiger partial charge in [0, 0.05) is 19.1 Å². The monoisotopic (exact) mass is 321 g/mol. The highest BCUT2D eigenvalue weighted by molar-refractivity contribution is 5.75. The van der Waals surface area contributed by atoms with Crippen LogP contribution in [0.4, 0.5) is 13.2 Å². The highest BCUT2D eigenvalue weighted by Gasteiger charge is 2.43. The molecule has 9 heteroatoms. The Labute approximate surface area is 125 Å². The number of aromatic nitrogens is 1. The first-order valence-corrected chi connectivity index (χ1v) is 7.05. The first-order valence-electron chi connectivity index (χ1n) is 7.05. The molecule has 1 aliphatic rings. The van der Waals surface area contributed by atoms with Crippen molar-refractivity contribution in [2.45, 2.75) is 38.5 Å². The summed E-state index contributed by atoms with van der Waals surface area (Å²) in [6.07, 6.45) is -0.718. The van der Waals surface area contributed by atoms with E-state index < -0.39 is 12.1 Å². The molecular formula is C13H18F3N3O3. The Kier molecular flexibility index (Phi) is 5.41. The van der Waals surface area contributed by atoms with Crippen LogP contribution < -0.4 is 0 Å². The molecule has 0 aliphatic carbocycles. The SMILES string of the molecule is CCN(Cc1cnco1)C1CCN(OC(=O)C(F)(F)F)CC1. The molecule has 0 radical (unpaired) electrons. The van der Waals surface area contributed by atoms with Gasteiger partial charge in [-0.05, 0) is 19.4 Å². The fourth-order valence-corrected chi connectivity index (χ4v) is 2.49. The van der Waals surface area contributed by atoms with Crippen molar-refractivity contribution >= 4 is 5.97 Å². The van der Waals surface area contributed by atoms with E-state index >= 15 is 0 Å². The molecule has 2 heterocycles. The van der Waals surface area contributed by atoms with Gasteiger partial charge in [-0.2, -0.15) is 13.2 Å². The molecule has 0 bridgehead atoms. The van der Waals surface area contributed by atoms with Crippen molar-refractivity contribution < 1.29 is 27.2 Å². The van der Waals surface area contributed by atoms with Gasteiger partial charge >= 0.3 is 12.1 Å². The third kappa shape index (κ3) is 4.44. The summed E-state index contributed by atoms with van der Waals surface area (Å²) in [5.74, 6) is -1.42. The zero-order valence-corrected chi connectivity index (χ0v) is 12.2. The predicted molar refractivity (Wildman–Crippen MR) is 69.3 cm³/mol. The molecule has 1 saturated heterocycles. The molecule has 124 valence electrons. The van der Waals surface area contributed by atoms with Gasteiger partial charge < -0.3 is 9.25 Å². The van der Waals surface area contributed by atoms with E-state index in [1.165, 1.54) is 6.39 Å². The Morgan fingerprint density at radius 3 is 2.68 bits per heavy atom. The highest BCUT2D eigenvalue weighted by Crippen LogP contribution is 2.22. The van der Waals surface area contributed by atoms with Crippen LogP contribution in [-0.4, -0.2) is 52.8 Å². The van der Waals surface area contributed by atoms with Crippen molar-refractivity contribution in [3.8, 4) is 0 Å². The Bertz CT molecular complexity index is 471. The summed E-state index contributed by atoms with van der Waals surface area (Å²) in [5.41, 5.74) is 0. The number of nitrogens with zero attached hydrogens (tertiary/aromatic N) is 3. The molecule has 1 aromatic rings. The molecule has 1 aromatic heterocycles. The largest absolute Gasteiger partial charge is 0.492 e. The second-order valence-electron chi connectivity index (χ2n) is 5.07. The highest BCUT2D eigenvalue weighted by atomic mass is 19.4. The van der Waals surface area contributed by atoms with E-state index in [2.05, 4.69) is 14.7 Å². The van der Waals surface area contributed by atoms with Crippen molar-refractivity contribution in [1.82, 2.24) is 14.9 Å². The molecule has 1 fully saturated rings. The Morgan fingerprint density at radius 2 is 2.18 bits per heavy atom. The van der Waals surface area contributed by atoms with E-state index in [-0.39, 0.29) is 19.1 Å². The molecule has 0 amide bonds. The van der Waals surface area contributed by atoms with E-state index in [1.54, 1.807) is 6.20 Å². The minimum absolute atomic E-state index is 0.205. The van der Waals surface area contributed by atoms with E-state index in [1.807, 2.05) is 6.92 Å². The fraction of sp³-hybridized carbons (Fsp3) is 0.692. The van der Waals surface area contributed by atoms with E-state index in [4.69, 9.17) is 4.42 Å². The minimum atomic E-state index is -4.96. The first-order chi connectivity index (χ1) is 10.4. The summed E-state index contributed by atoms with van der Waals surface area (Å²) in [4.78, 5) is 21.2. The molecule has 0 unspecified atom stereocenters. The van der Waals surface area contributed by atoms with E-state index in [0.29, 0.717) is 19.4 Å². The summed E-state index contributed by atoms with van der Waals surface area (Å²) < 4.78 is 41.7. The number of rotatable bonds is 5. The smallest absolute Gasteiger partial charge is 0.447 e. The lowest BCUT2D eigenvalue weighted by atomic mass is 10.0. The average Bonchev–Trinajstić information content (AvgIpc) is 2.98. The maximum Gasteiger partial charge on any atom is 0.492 e. The zero-order valence-electron chi connectivity index (χ0n) is 12.2. The van der Waals surface area contributed by atoms with Crippen LogP contribution in [0.2, 0.25) is 0 Å². The summed E-state index contributed by atoms with van der Waals surface area (Å²) in [6.45, 7) is 3.95. The van der Waals surface area contributed by atoms with Crippen LogP contribution in [0.1, 0.15) is 25.5 Å². The van der Waals surface area contributed by atoms with Gasteiger partial charge in [0.25, 0.3) is 0 Å². The molecule has 0 atom stereocenters. The van der Waals surface area contributed by atoms with Crippen LogP contribution in [-0.2, 0) is 16.2 Å². The average molecular weight is 321 g/mol. The van der Waals surface area contributed by atoms with Crippen LogP contribution in [0, 0.1) is 0 Å². The van der Waals surface area contributed by atoms with Crippen molar-refractivity contribution in [1.29, 1.82) is 0 Å². The lowest BCUT2D eigenvalue weighted by Crippen LogP contribution is -2.46. The van der Waals surface area contributed by atoms with Gasteiger partial charge in [0.05, 0.1) is 12.7 Å². The predicted octanol–water partition coefficient (Wildman–Crippen LogP) is 1.98. The van der Waals surface area contributed by atoms with Crippen LogP contribution in [0.15, 0.2) is 17.0 Å². The lowest BCUT2D eigenvalue weighted by Gasteiger charge is -2.36. The number of halogens is 3. The summed E-state index contributed by atoms with van der Waals surface area (Å²) in [5, 5.41) is 1.08. The molecule has 2 rings (SSSR count). The number of hydrogen-bond acceptors (Lipinski definition) is 6. The normalized spacial score (nSPS) is 17.9. The van der Waals surface area contributed by atoms with Crippen molar-refractivity contribution in [3.63, 3.8) is 0 Å². The van der Waals surface area contributed by atoms with Crippen LogP contribution >= 0.6 is 0 Å². The van der Waals surface area contributed by atoms with Gasteiger partial charge in [-0.25, -0.2) is 9.78 Å². The second-order valence-corrected chi connectivity index (χ2v) is 5.07. The number of carbonyl (C=O) groups excluding carboxylic acids is 1. The Balaban J connectivity index is 1.81. The summed E-state index contributed by atoms with van der Waals surface area (Å²) in [7, 11) is 0. The second kappa shape index (κ2) is 7.10. The molecule has 0 N–H and O–H groups in total. The molecule has 1 aliphatic heterocycles. The third-order valence-electron chi connectivity index (χ3n) is 3.63. The number of hydroxylamine groups is 2. The maximum absolute atomic E-state index is 12.1. The van der Waals surface area contributed by atoms with Crippen LogP contribution in [0.25, 0.3) is 0 Å². The van der Waals surface area contributed by atoms with E-state index in [9.17, 15) is 18.0 Å². The van der Waals surface area contributed by atoms with Crippen molar-refractivity contribution in [2.24, 2.45) is 0 Å². The molecule has 0 aromatic carbocycles. The number of hydrogen-bond donors (Lipinski definition) is 0. The van der Waals surface area contributed by atoms with Crippen molar-refractivity contribution in [3.05, 3.63) is 18.4 Å². The molecular weight excluding hydrogens is 303 g/mol. The Morgan fingerprint density at radius 1 is 1.50 bits per heavy atom. The van der Waals surface area contributed by atoms with Gasteiger partial charge in [-0.1, -0.05) is 6.92 Å². The zero-order chi connectivity index (χ0) is 16.2. The van der Waals surface area contributed by atoms with E-state index in [0.717, 1.165) is 17.4 Å². The quantitative estimate of drug-likeness (QED) is 0.826. The topological polar surface area (TPSA) is 58.8 Å². The maximum atomic E-state index is 12.1. The molecule has 0 saturated carbocycles. The number of piperidine rings is 1. The van der Waals surface area contributed by atoms with Crippen LogP contribution in [0.5, 0.6) is 0 Å². The standard InChI is InChI=1S/C13H18F3N3O3/c1-2-18(8-11-7-17-9-21-11)10-3-5-19(6-4-10)22-12(20)13(14,15)16/h7,9-10H,2-6,8H2,1H3. The van der Waals surface area contributed by atoms with Gasteiger partial charge in [0.1, 0.15) is 5.76 Å². The van der Waals surface area contributed by atoms with Gasteiger partial charge in [0.15, 0.2) is 6.39 Å².